The van der Waals surface area contributed by atoms with Crippen LogP contribution in [0.15, 0.2) is 23.6 Å². The fourth-order valence-electron chi connectivity index (χ4n) is 1.42. The lowest BCUT2D eigenvalue weighted by atomic mass is 10.3. The van der Waals surface area contributed by atoms with E-state index >= 15 is 0 Å². The number of thiophene rings is 1. The zero-order chi connectivity index (χ0) is 13.7. The molecule has 0 fully saturated rings. The van der Waals surface area contributed by atoms with E-state index in [4.69, 9.17) is 4.74 Å². The second kappa shape index (κ2) is 6.14. The van der Waals surface area contributed by atoms with Crippen molar-refractivity contribution in [1.82, 2.24) is 15.5 Å². The van der Waals surface area contributed by atoms with Crippen molar-refractivity contribution in [2.24, 2.45) is 0 Å². The van der Waals surface area contributed by atoms with Gasteiger partial charge in [-0.15, -0.1) is 11.3 Å². The Labute approximate surface area is 113 Å². The maximum Gasteiger partial charge on any atom is 0.358 e. The monoisotopic (exact) mass is 279 g/mol. The smallest absolute Gasteiger partial charge is 0.358 e. The van der Waals surface area contributed by atoms with Crippen molar-refractivity contribution in [1.29, 1.82) is 0 Å². The molecule has 0 saturated heterocycles. The standard InChI is InChI=1S/C12H13N3O3S/c1-13-11(16)4-5-18-12(17)9-7-8(14-15-9)10-3-2-6-19-10/h2-3,6-7H,4-5H2,1H3,(H,13,16)(H,14,15). The Morgan fingerprint density at radius 3 is 3.05 bits per heavy atom. The molecule has 0 aliphatic heterocycles. The van der Waals surface area contributed by atoms with Gasteiger partial charge in [0.1, 0.15) is 6.61 Å². The first-order chi connectivity index (χ1) is 9.20. The number of aromatic amines is 1. The summed E-state index contributed by atoms with van der Waals surface area (Å²) in [6.45, 7) is 0.0414. The molecule has 0 aliphatic rings. The molecule has 2 aromatic rings. The van der Waals surface area contributed by atoms with E-state index in [0.29, 0.717) is 0 Å². The highest BCUT2D eigenvalue weighted by Gasteiger charge is 2.13. The Morgan fingerprint density at radius 1 is 1.53 bits per heavy atom. The van der Waals surface area contributed by atoms with Gasteiger partial charge in [-0.2, -0.15) is 5.10 Å². The Balaban J connectivity index is 1.91. The molecule has 0 spiro atoms. The summed E-state index contributed by atoms with van der Waals surface area (Å²) in [5.41, 5.74) is 0.980. The van der Waals surface area contributed by atoms with Crippen LogP contribution in [-0.2, 0) is 9.53 Å². The van der Waals surface area contributed by atoms with E-state index in [-0.39, 0.29) is 24.6 Å². The molecule has 100 valence electrons. The Morgan fingerprint density at radius 2 is 2.37 bits per heavy atom. The van der Waals surface area contributed by atoms with Crippen LogP contribution in [0.2, 0.25) is 0 Å². The molecule has 19 heavy (non-hydrogen) atoms. The molecular weight excluding hydrogens is 266 g/mol. The molecule has 0 bridgehead atoms. The second-order valence-corrected chi connectivity index (χ2v) is 4.65. The molecule has 0 unspecified atom stereocenters. The van der Waals surface area contributed by atoms with Crippen LogP contribution in [0.4, 0.5) is 0 Å². The molecule has 2 aromatic heterocycles. The summed E-state index contributed by atoms with van der Waals surface area (Å²) in [4.78, 5) is 23.6. The summed E-state index contributed by atoms with van der Waals surface area (Å²) in [5.74, 6) is -0.711. The third kappa shape index (κ3) is 3.41. The molecule has 2 heterocycles. The molecule has 0 aliphatic carbocycles. The Hall–Kier alpha value is -2.15. The molecule has 0 aromatic carbocycles. The second-order valence-electron chi connectivity index (χ2n) is 3.70. The van der Waals surface area contributed by atoms with Crippen LogP contribution < -0.4 is 5.32 Å². The number of hydrogen-bond donors (Lipinski definition) is 2. The zero-order valence-electron chi connectivity index (χ0n) is 10.3. The average molecular weight is 279 g/mol. The summed E-state index contributed by atoms with van der Waals surface area (Å²) in [6, 6.07) is 5.48. The van der Waals surface area contributed by atoms with Gasteiger partial charge in [-0.3, -0.25) is 9.89 Å². The molecule has 2 N–H and O–H groups in total. The number of amides is 1. The van der Waals surface area contributed by atoms with Gasteiger partial charge in [0, 0.05) is 7.05 Å². The first-order valence-corrected chi connectivity index (χ1v) is 6.55. The van der Waals surface area contributed by atoms with Crippen molar-refractivity contribution < 1.29 is 14.3 Å². The van der Waals surface area contributed by atoms with Crippen molar-refractivity contribution in [3.63, 3.8) is 0 Å². The van der Waals surface area contributed by atoms with Gasteiger partial charge in [-0.1, -0.05) is 6.07 Å². The van der Waals surface area contributed by atoms with Gasteiger partial charge in [0.15, 0.2) is 5.69 Å². The highest BCUT2D eigenvalue weighted by atomic mass is 32.1. The van der Waals surface area contributed by atoms with Crippen molar-refractivity contribution in [2.75, 3.05) is 13.7 Å². The molecule has 2 rings (SSSR count). The van der Waals surface area contributed by atoms with Crippen molar-refractivity contribution in [2.45, 2.75) is 6.42 Å². The van der Waals surface area contributed by atoms with Gasteiger partial charge in [0.25, 0.3) is 0 Å². The number of nitrogens with zero attached hydrogens (tertiary/aromatic N) is 1. The summed E-state index contributed by atoms with van der Waals surface area (Å²) in [5, 5.41) is 11.1. The number of rotatable bonds is 5. The van der Waals surface area contributed by atoms with E-state index in [1.807, 2.05) is 17.5 Å². The molecule has 6 nitrogen and oxygen atoms in total. The van der Waals surface area contributed by atoms with Crippen molar-refractivity contribution in [3.8, 4) is 10.6 Å². The number of H-pyrrole nitrogens is 1. The summed E-state index contributed by atoms with van der Waals surface area (Å²) in [7, 11) is 1.53. The van der Waals surface area contributed by atoms with Crippen LogP contribution in [0.3, 0.4) is 0 Å². The minimum Gasteiger partial charge on any atom is -0.460 e. The fourth-order valence-corrected chi connectivity index (χ4v) is 2.11. The third-order valence-electron chi connectivity index (χ3n) is 2.41. The topological polar surface area (TPSA) is 84.1 Å². The van der Waals surface area contributed by atoms with E-state index in [1.54, 1.807) is 17.4 Å². The normalized spacial score (nSPS) is 10.2. The Bertz CT molecular complexity index is 563. The lowest BCUT2D eigenvalue weighted by molar-refractivity contribution is -0.121. The van der Waals surface area contributed by atoms with Crippen LogP contribution in [0.25, 0.3) is 10.6 Å². The van der Waals surface area contributed by atoms with Gasteiger partial charge >= 0.3 is 5.97 Å². The summed E-state index contributed by atoms with van der Waals surface area (Å²) in [6.07, 6.45) is 0.143. The zero-order valence-corrected chi connectivity index (χ0v) is 11.1. The number of carbonyl (C=O) groups is 2. The van der Waals surface area contributed by atoms with Crippen LogP contribution in [0.5, 0.6) is 0 Å². The largest absolute Gasteiger partial charge is 0.460 e. The lowest BCUT2D eigenvalue weighted by Gasteiger charge is -2.01. The number of aromatic nitrogens is 2. The van der Waals surface area contributed by atoms with Crippen LogP contribution in [0, 0.1) is 0 Å². The van der Waals surface area contributed by atoms with Gasteiger partial charge in [-0.25, -0.2) is 4.79 Å². The van der Waals surface area contributed by atoms with Crippen LogP contribution >= 0.6 is 11.3 Å². The first kappa shape index (κ1) is 13.3. The van der Waals surface area contributed by atoms with Gasteiger partial charge < -0.3 is 10.1 Å². The minimum absolute atomic E-state index is 0.0414. The first-order valence-electron chi connectivity index (χ1n) is 5.67. The quantitative estimate of drug-likeness (QED) is 0.811. The molecule has 1 amide bonds. The molecule has 0 atom stereocenters. The predicted molar refractivity (Wildman–Crippen MR) is 70.9 cm³/mol. The maximum absolute atomic E-state index is 11.7. The molecular formula is C12H13N3O3S. The number of esters is 1. The van der Waals surface area contributed by atoms with Gasteiger partial charge in [0.05, 0.1) is 17.0 Å². The third-order valence-corrected chi connectivity index (χ3v) is 3.32. The van der Waals surface area contributed by atoms with Crippen molar-refractivity contribution in [3.05, 3.63) is 29.3 Å². The van der Waals surface area contributed by atoms with Gasteiger partial charge in [0.2, 0.25) is 5.91 Å². The number of nitrogens with one attached hydrogen (secondary N) is 2. The van der Waals surface area contributed by atoms with E-state index < -0.39 is 5.97 Å². The van der Waals surface area contributed by atoms with Crippen LogP contribution in [0.1, 0.15) is 16.9 Å². The highest BCUT2D eigenvalue weighted by molar-refractivity contribution is 7.13. The average Bonchev–Trinajstić information content (AvgIpc) is 3.08. The fraction of sp³-hybridized carbons (Fsp3) is 0.250. The number of ether oxygens (including phenoxy) is 1. The summed E-state index contributed by atoms with van der Waals surface area (Å²) >= 11 is 1.55. The van der Waals surface area contributed by atoms with Gasteiger partial charge in [-0.05, 0) is 17.5 Å². The maximum atomic E-state index is 11.7. The summed E-state index contributed by atoms with van der Waals surface area (Å²) < 4.78 is 4.95. The lowest BCUT2D eigenvalue weighted by Crippen LogP contribution is -2.20. The highest BCUT2D eigenvalue weighted by Crippen LogP contribution is 2.23. The molecule has 0 radical (unpaired) electrons. The van der Waals surface area contributed by atoms with E-state index in [1.165, 1.54) is 7.05 Å². The number of hydrogen-bond acceptors (Lipinski definition) is 5. The predicted octanol–water partition coefficient (Wildman–Crippen LogP) is 1.43. The van der Waals surface area contributed by atoms with E-state index in [2.05, 4.69) is 15.5 Å². The van der Waals surface area contributed by atoms with Crippen molar-refractivity contribution >= 4 is 23.2 Å². The molecule has 0 saturated carbocycles. The number of carbonyl (C=O) groups excluding carboxylic acids is 2. The Kier molecular flexibility index (Phi) is 4.30. The van der Waals surface area contributed by atoms with E-state index in [0.717, 1.165) is 10.6 Å². The minimum atomic E-state index is -0.539. The SMILES string of the molecule is CNC(=O)CCOC(=O)c1cc(-c2cccs2)[nH]n1. The molecule has 7 heteroatoms. The van der Waals surface area contributed by atoms with Crippen LogP contribution in [-0.4, -0.2) is 35.7 Å². The van der Waals surface area contributed by atoms with E-state index in [9.17, 15) is 9.59 Å².